The van der Waals surface area contributed by atoms with Gasteiger partial charge in [-0.25, -0.2) is 9.97 Å². The van der Waals surface area contributed by atoms with Crippen molar-refractivity contribution < 1.29 is 9.59 Å². The van der Waals surface area contributed by atoms with Crippen molar-refractivity contribution in [1.29, 1.82) is 0 Å². The highest BCUT2D eigenvalue weighted by atomic mass is 16.2. The molecule has 0 aliphatic carbocycles. The SMILES string of the molecule is Cc1nc([C@H]2CCN(C(=O)C(C)(C)C)C2)nc2c1CC(=O)N2CCCc1ccccc1. The van der Waals surface area contributed by atoms with Crippen molar-refractivity contribution in [1.82, 2.24) is 14.9 Å². The van der Waals surface area contributed by atoms with Crippen LogP contribution in [-0.2, 0) is 22.4 Å². The summed E-state index contributed by atoms with van der Waals surface area (Å²) in [5, 5.41) is 0. The zero-order valence-corrected chi connectivity index (χ0v) is 19.0. The summed E-state index contributed by atoms with van der Waals surface area (Å²) in [5.74, 6) is 1.95. The van der Waals surface area contributed by atoms with Gasteiger partial charge in [-0.05, 0) is 31.7 Å². The highest BCUT2D eigenvalue weighted by Gasteiger charge is 2.36. The summed E-state index contributed by atoms with van der Waals surface area (Å²) in [6, 6.07) is 10.3. The maximum absolute atomic E-state index is 12.7. The highest BCUT2D eigenvalue weighted by molar-refractivity contribution is 6.00. The highest BCUT2D eigenvalue weighted by Crippen LogP contribution is 2.34. The summed E-state index contributed by atoms with van der Waals surface area (Å²) in [7, 11) is 0. The van der Waals surface area contributed by atoms with Gasteiger partial charge in [-0.15, -0.1) is 0 Å². The molecule has 1 aromatic heterocycles. The molecule has 0 spiro atoms. The standard InChI is InChI=1S/C25H32N4O2/c1-17-20-15-21(30)29(13-8-11-18-9-6-5-7-10-18)23(20)27-22(26-17)19-12-14-28(16-19)24(31)25(2,3)4/h5-7,9-10,19H,8,11-16H2,1-4H3/t19-/m0/s1. The maximum Gasteiger partial charge on any atom is 0.232 e. The average Bonchev–Trinajstić information content (AvgIpc) is 3.33. The minimum absolute atomic E-state index is 0.105. The summed E-state index contributed by atoms with van der Waals surface area (Å²) < 4.78 is 0. The molecular formula is C25H32N4O2. The second kappa shape index (κ2) is 8.40. The van der Waals surface area contributed by atoms with E-state index in [1.54, 1.807) is 0 Å². The number of aryl methyl sites for hydroxylation is 2. The van der Waals surface area contributed by atoms with E-state index >= 15 is 0 Å². The Morgan fingerprint density at radius 2 is 1.90 bits per heavy atom. The molecule has 2 amide bonds. The van der Waals surface area contributed by atoms with Gasteiger partial charge in [0.25, 0.3) is 0 Å². The molecule has 2 aliphatic heterocycles. The molecule has 0 N–H and O–H groups in total. The van der Waals surface area contributed by atoms with Crippen LogP contribution in [0.4, 0.5) is 5.82 Å². The fraction of sp³-hybridized carbons (Fsp3) is 0.520. The third-order valence-corrected chi connectivity index (χ3v) is 6.27. The van der Waals surface area contributed by atoms with E-state index in [1.807, 2.05) is 55.7 Å². The maximum atomic E-state index is 12.7. The second-order valence-corrected chi connectivity index (χ2v) is 9.77. The van der Waals surface area contributed by atoms with Crippen molar-refractivity contribution in [2.45, 2.75) is 59.3 Å². The Balaban J connectivity index is 1.49. The number of hydrogen-bond donors (Lipinski definition) is 0. The van der Waals surface area contributed by atoms with Gasteiger partial charge in [0.05, 0.1) is 6.42 Å². The van der Waals surface area contributed by atoms with Crippen LogP contribution in [0, 0.1) is 12.3 Å². The Kier molecular flexibility index (Phi) is 5.82. The van der Waals surface area contributed by atoms with Crippen LogP contribution in [0.5, 0.6) is 0 Å². The molecule has 31 heavy (non-hydrogen) atoms. The lowest BCUT2D eigenvalue weighted by molar-refractivity contribution is -0.138. The van der Waals surface area contributed by atoms with Crippen LogP contribution in [0.25, 0.3) is 0 Å². The number of amides is 2. The molecule has 0 bridgehead atoms. The van der Waals surface area contributed by atoms with Crippen LogP contribution < -0.4 is 4.90 Å². The summed E-state index contributed by atoms with van der Waals surface area (Å²) >= 11 is 0. The molecule has 6 nitrogen and oxygen atoms in total. The van der Waals surface area contributed by atoms with Gasteiger partial charge in [-0.2, -0.15) is 0 Å². The quantitative estimate of drug-likeness (QED) is 0.740. The van der Waals surface area contributed by atoms with Crippen LogP contribution in [0.1, 0.15) is 62.2 Å². The normalized spacial score (nSPS) is 18.6. The van der Waals surface area contributed by atoms with Crippen molar-refractivity contribution in [3.8, 4) is 0 Å². The zero-order valence-electron chi connectivity index (χ0n) is 19.0. The fourth-order valence-electron chi connectivity index (χ4n) is 4.53. The van der Waals surface area contributed by atoms with E-state index in [9.17, 15) is 9.59 Å². The number of aromatic nitrogens is 2. The van der Waals surface area contributed by atoms with E-state index in [-0.39, 0.29) is 23.1 Å². The third kappa shape index (κ3) is 4.48. The predicted molar refractivity (Wildman–Crippen MR) is 121 cm³/mol. The number of fused-ring (bicyclic) bond motifs is 1. The minimum Gasteiger partial charge on any atom is -0.341 e. The first kappa shape index (κ1) is 21.5. The van der Waals surface area contributed by atoms with Crippen LogP contribution >= 0.6 is 0 Å². The Morgan fingerprint density at radius 1 is 1.16 bits per heavy atom. The number of likely N-dealkylation sites (tertiary alicyclic amines) is 1. The first-order valence-electron chi connectivity index (χ1n) is 11.2. The van der Waals surface area contributed by atoms with E-state index < -0.39 is 0 Å². The van der Waals surface area contributed by atoms with Crippen LogP contribution in [-0.4, -0.2) is 46.3 Å². The number of benzene rings is 1. The molecule has 1 fully saturated rings. The Labute approximate surface area is 184 Å². The number of carbonyl (C=O) groups is 2. The lowest BCUT2D eigenvalue weighted by atomic mass is 9.95. The van der Waals surface area contributed by atoms with Crippen molar-refractivity contribution in [2.75, 3.05) is 24.5 Å². The molecule has 4 rings (SSSR count). The van der Waals surface area contributed by atoms with Crippen LogP contribution in [0.2, 0.25) is 0 Å². The number of nitrogens with zero attached hydrogens (tertiary/aromatic N) is 4. The van der Waals surface area contributed by atoms with Gasteiger partial charge in [0.1, 0.15) is 11.6 Å². The number of anilines is 1. The van der Waals surface area contributed by atoms with Gasteiger partial charge in [-0.1, -0.05) is 51.1 Å². The molecule has 164 valence electrons. The fourth-order valence-corrected chi connectivity index (χ4v) is 4.53. The third-order valence-electron chi connectivity index (χ3n) is 6.27. The average molecular weight is 421 g/mol. The van der Waals surface area contributed by atoms with E-state index in [0.717, 1.165) is 48.7 Å². The molecule has 1 saturated heterocycles. The first-order valence-corrected chi connectivity index (χ1v) is 11.2. The monoisotopic (exact) mass is 420 g/mol. The van der Waals surface area contributed by atoms with E-state index in [4.69, 9.17) is 9.97 Å². The molecule has 3 heterocycles. The zero-order chi connectivity index (χ0) is 22.2. The van der Waals surface area contributed by atoms with E-state index in [0.29, 0.717) is 19.5 Å². The van der Waals surface area contributed by atoms with Crippen molar-refractivity contribution >= 4 is 17.6 Å². The van der Waals surface area contributed by atoms with Gasteiger partial charge in [0.2, 0.25) is 11.8 Å². The molecule has 1 aromatic carbocycles. The van der Waals surface area contributed by atoms with Gasteiger partial charge in [-0.3, -0.25) is 14.5 Å². The molecule has 6 heteroatoms. The van der Waals surface area contributed by atoms with Crippen molar-refractivity contribution in [3.05, 3.63) is 53.0 Å². The second-order valence-electron chi connectivity index (χ2n) is 9.77. The van der Waals surface area contributed by atoms with Gasteiger partial charge in [0.15, 0.2) is 0 Å². The van der Waals surface area contributed by atoms with Crippen LogP contribution in [0.15, 0.2) is 30.3 Å². The first-order chi connectivity index (χ1) is 14.7. The molecule has 2 aromatic rings. The van der Waals surface area contributed by atoms with Gasteiger partial charge < -0.3 is 4.90 Å². The summed E-state index contributed by atoms with van der Waals surface area (Å²) in [6.07, 6.45) is 3.07. The van der Waals surface area contributed by atoms with Crippen LogP contribution in [0.3, 0.4) is 0 Å². The summed E-state index contributed by atoms with van der Waals surface area (Å²) in [6.45, 7) is 9.89. The summed E-state index contributed by atoms with van der Waals surface area (Å²) in [5.41, 5.74) is 2.74. The molecule has 0 radical (unpaired) electrons. The minimum atomic E-state index is -0.383. The smallest absolute Gasteiger partial charge is 0.232 e. The Hall–Kier alpha value is -2.76. The molecule has 2 aliphatic rings. The van der Waals surface area contributed by atoms with Gasteiger partial charge in [0, 0.05) is 42.2 Å². The lowest BCUT2D eigenvalue weighted by Crippen LogP contribution is -2.37. The predicted octanol–water partition coefficient (Wildman–Crippen LogP) is 3.67. The van der Waals surface area contributed by atoms with Crippen molar-refractivity contribution in [3.63, 3.8) is 0 Å². The summed E-state index contributed by atoms with van der Waals surface area (Å²) in [4.78, 5) is 38.8. The largest absolute Gasteiger partial charge is 0.341 e. The Morgan fingerprint density at radius 3 is 2.61 bits per heavy atom. The number of carbonyl (C=O) groups excluding carboxylic acids is 2. The van der Waals surface area contributed by atoms with E-state index in [1.165, 1.54) is 5.56 Å². The topological polar surface area (TPSA) is 66.4 Å². The lowest BCUT2D eigenvalue weighted by Gasteiger charge is -2.25. The van der Waals surface area contributed by atoms with Gasteiger partial charge >= 0.3 is 0 Å². The van der Waals surface area contributed by atoms with E-state index in [2.05, 4.69) is 12.1 Å². The number of hydrogen-bond acceptors (Lipinski definition) is 4. The molecule has 1 atom stereocenters. The number of rotatable bonds is 5. The molecular weight excluding hydrogens is 388 g/mol. The Bertz CT molecular complexity index is 981. The van der Waals surface area contributed by atoms with Crippen molar-refractivity contribution in [2.24, 2.45) is 5.41 Å². The molecule has 0 unspecified atom stereocenters. The molecule has 0 saturated carbocycles.